The third-order valence-electron chi connectivity index (χ3n) is 3.03. The molecule has 3 heteroatoms. The average molecular weight is 235 g/mol. The van der Waals surface area contributed by atoms with Gasteiger partial charge in [-0.05, 0) is 25.1 Å². The highest BCUT2D eigenvalue weighted by molar-refractivity contribution is 5.94. The van der Waals surface area contributed by atoms with E-state index in [9.17, 15) is 0 Å². The van der Waals surface area contributed by atoms with Crippen molar-refractivity contribution in [3.63, 3.8) is 0 Å². The predicted molar refractivity (Wildman–Crippen MR) is 74.1 cm³/mol. The second-order valence-electron chi connectivity index (χ2n) is 4.25. The van der Waals surface area contributed by atoms with Gasteiger partial charge in [0.2, 0.25) is 0 Å². The van der Waals surface area contributed by atoms with Crippen LogP contribution >= 0.6 is 0 Å². The molecule has 3 aromatic rings. The van der Waals surface area contributed by atoms with Crippen molar-refractivity contribution in [2.45, 2.75) is 6.92 Å². The second-order valence-corrected chi connectivity index (χ2v) is 4.25. The van der Waals surface area contributed by atoms with Crippen molar-refractivity contribution in [3.8, 4) is 11.1 Å². The lowest BCUT2D eigenvalue weighted by atomic mass is 10.0. The van der Waals surface area contributed by atoms with Crippen LogP contribution in [0.3, 0.4) is 0 Å². The molecule has 2 aromatic heterocycles. The third kappa shape index (κ3) is 1.70. The van der Waals surface area contributed by atoms with Crippen molar-refractivity contribution < 1.29 is 0 Å². The summed E-state index contributed by atoms with van der Waals surface area (Å²) in [5.74, 6) is 0.546. The normalized spacial score (nSPS) is 10.7. The third-order valence-corrected chi connectivity index (χ3v) is 3.03. The minimum absolute atomic E-state index is 0.546. The van der Waals surface area contributed by atoms with Crippen LogP contribution in [0.1, 0.15) is 5.69 Å². The molecule has 0 aliphatic heterocycles. The smallest absolute Gasteiger partial charge is 0.123 e. The van der Waals surface area contributed by atoms with Crippen LogP contribution in [0.15, 0.2) is 48.7 Å². The van der Waals surface area contributed by atoms with Crippen molar-refractivity contribution in [2.24, 2.45) is 0 Å². The fraction of sp³-hybridized carbons (Fsp3) is 0.0667. The standard InChI is InChI=1S/C15H13N3/c1-10-12(7-8-14(16)18-10)13-6-2-4-11-5-3-9-17-15(11)13/h2-9H,1H3,(H2,16,18). The van der Waals surface area contributed by atoms with Crippen LogP contribution in [-0.2, 0) is 0 Å². The van der Waals surface area contributed by atoms with E-state index in [0.717, 1.165) is 27.7 Å². The van der Waals surface area contributed by atoms with Crippen LogP contribution in [0.5, 0.6) is 0 Å². The lowest BCUT2D eigenvalue weighted by Crippen LogP contribution is -1.95. The fourth-order valence-corrected chi connectivity index (χ4v) is 2.19. The number of rotatable bonds is 1. The molecule has 0 aliphatic carbocycles. The Hall–Kier alpha value is -2.42. The number of nitrogens with two attached hydrogens (primary N) is 1. The van der Waals surface area contributed by atoms with E-state index in [2.05, 4.69) is 28.2 Å². The molecule has 0 atom stereocenters. The largest absolute Gasteiger partial charge is 0.384 e. The Labute approximate surface area is 105 Å². The summed E-state index contributed by atoms with van der Waals surface area (Å²) in [5, 5.41) is 1.13. The SMILES string of the molecule is Cc1nc(N)ccc1-c1cccc2cccnc12. The molecule has 0 saturated carbocycles. The van der Waals surface area contributed by atoms with Gasteiger partial charge in [0, 0.05) is 28.4 Å². The van der Waals surface area contributed by atoms with Crippen LogP contribution in [0.4, 0.5) is 5.82 Å². The summed E-state index contributed by atoms with van der Waals surface area (Å²) >= 11 is 0. The number of aromatic nitrogens is 2. The number of nitrogen functional groups attached to an aromatic ring is 1. The lowest BCUT2D eigenvalue weighted by Gasteiger charge is -2.08. The zero-order valence-corrected chi connectivity index (χ0v) is 10.1. The molecule has 0 bridgehead atoms. The second kappa shape index (κ2) is 4.11. The zero-order chi connectivity index (χ0) is 12.5. The van der Waals surface area contributed by atoms with Crippen molar-refractivity contribution >= 4 is 16.7 Å². The van der Waals surface area contributed by atoms with Crippen molar-refractivity contribution in [1.82, 2.24) is 9.97 Å². The molecule has 1 aromatic carbocycles. The summed E-state index contributed by atoms with van der Waals surface area (Å²) in [6.45, 7) is 1.97. The lowest BCUT2D eigenvalue weighted by molar-refractivity contribution is 1.21. The van der Waals surface area contributed by atoms with E-state index in [1.54, 1.807) is 0 Å². The summed E-state index contributed by atoms with van der Waals surface area (Å²) in [6, 6.07) is 14.0. The molecule has 2 heterocycles. The Morgan fingerprint density at radius 3 is 2.61 bits per heavy atom. The monoisotopic (exact) mass is 235 g/mol. The van der Waals surface area contributed by atoms with Crippen molar-refractivity contribution in [2.75, 3.05) is 5.73 Å². The molecule has 88 valence electrons. The molecule has 0 fully saturated rings. The van der Waals surface area contributed by atoms with Crippen molar-refractivity contribution in [1.29, 1.82) is 0 Å². The average Bonchev–Trinajstić information content (AvgIpc) is 2.38. The molecule has 0 amide bonds. The molecule has 0 unspecified atom stereocenters. The van der Waals surface area contributed by atoms with Gasteiger partial charge >= 0.3 is 0 Å². The topological polar surface area (TPSA) is 51.8 Å². The maximum Gasteiger partial charge on any atom is 0.123 e. The summed E-state index contributed by atoms with van der Waals surface area (Å²) < 4.78 is 0. The summed E-state index contributed by atoms with van der Waals surface area (Å²) in [7, 11) is 0. The van der Waals surface area contributed by atoms with Crippen molar-refractivity contribution in [3.05, 3.63) is 54.4 Å². The Morgan fingerprint density at radius 2 is 1.78 bits per heavy atom. The Morgan fingerprint density at radius 1 is 0.944 bits per heavy atom. The quantitative estimate of drug-likeness (QED) is 0.704. The highest BCUT2D eigenvalue weighted by Crippen LogP contribution is 2.28. The van der Waals surface area contributed by atoms with Gasteiger partial charge in [0.05, 0.1) is 5.52 Å². The van der Waals surface area contributed by atoms with Gasteiger partial charge in [0.1, 0.15) is 5.82 Å². The van der Waals surface area contributed by atoms with E-state index in [1.807, 2.05) is 37.4 Å². The minimum Gasteiger partial charge on any atom is -0.384 e. The maximum absolute atomic E-state index is 5.69. The molecule has 3 nitrogen and oxygen atoms in total. The first-order valence-corrected chi connectivity index (χ1v) is 5.83. The van der Waals surface area contributed by atoms with E-state index >= 15 is 0 Å². The van der Waals surface area contributed by atoms with Gasteiger partial charge in [-0.3, -0.25) is 4.98 Å². The molecule has 3 rings (SSSR count). The van der Waals surface area contributed by atoms with Gasteiger partial charge < -0.3 is 5.73 Å². The summed E-state index contributed by atoms with van der Waals surface area (Å²) in [6.07, 6.45) is 1.81. The molecular weight excluding hydrogens is 222 g/mol. The summed E-state index contributed by atoms with van der Waals surface area (Å²) in [4.78, 5) is 8.77. The molecule has 0 aliphatic rings. The van der Waals surface area contributed by atoms with E-state index < -0.39 is 0 Å². The number of aryl methyl sites for hydroxylation is 1. The number of benzene rings is 1. The number of fused-ring (bicyclic) bond motifs is 1. The maximum atomic E-state index is 5.69. The minimum atomic E-state index is 0.546. The van der Waals surface area contributed by atoms with Gasteiger partial charge in [-0.1, -0.05) is 24.3 Å². The van der Waals surface area contributed by atoms with Crippen LogP contribution < -0.4 is 5.73 Å². The number of hydrogen-bond donors (Lipinski definition) is 1. The Bertz CT molecular complexity index is 715. The van der Waals surface area contributed by atoms with Gasteiger partial charge in [0.15, 0.2) is 0 Å². The highest BCUT2D eigenvalue weighted by atomic mass is 14.8. The Kier molecular flexibility index (Phi) is 2.45. The molecule has 0 spiro atoms. The first-order valence-electron chi connectivity index (χ1n) is 5.83. The van der Waals surface area contributed by atoms with E-state index in [1.165, 1.54) is 0 Å². The highest BCUT2D eigenvalue weighted by Gasteiger charge is 2.08. The van der Waals surface area contributed by atoms with Crippen LogP contribution in [-0.4, -0.2) is 9.97 Å². The van der Waals surface area contributed by atoms with E-state index in [0.29, 0.717) is 5.82 Å². The van der Waals surface area contributed by atoms with Gasteiger partial charge in [-0.2, -0.15) is 0 Å². The molecule has 18 heavy (non-hydrogen) atoms. The zero-order valence-electron chi connectivity index (χ0n) is 10.1. The number of nitrogens with zero attached hydrogens (tertiary/aromatic N) is 2. The first kappa shape index (κ1) is 10.7. The van der Waals surface area contributed by atoms with E-state index in [4.69, 9.17) is 5.73 Å². The molecule has 0 saturated heterocycles. The van der Waals surface area contributed by atoms with Crippen LogP contribution in [0, 0.1) is 6.92 Å². The number of hydrogen-bond acceptors (Lipinski definition) is 3. The van der Waals surface area contributed by atoms with Crippen LogP contribution in [0.25, 0.3) is 22.0 Å². The van der Waals surface area contributed by atoms with Gasteiger partial charge in [0.25, 0.3) is 0 Å². The van der Waals surface area contributed by atoms with Gasteiger partial charge in [-0.15, -0.1) is 0 Å². The van der Waals surface area contributed by atoms with Gasteiger partial charge in [-0.25, -0.2) is 4.98 Å². The number of pyridine rings is 2. The summed E-state index contributed by atoms with van der Waals surface area (Å²) in [5.41, 5.74) is 9.78. The Balaban J connectivity index is 2.31. The molecule has 0 radical (unpaired) electrons. The predicted octanol–water partition coefficient (Wildman–Crippen LogP) is 3.19. The fourth-order valence-electron chi connectivity index (χ4n) is 2.19. The first-order chi connectivity index (χ1) is 8.75. The number of anilines is 1. The molecule has 2 N–H and O–H groups in total. The van der Waals surface area contributed by atoms with E-state index in [-0.39, 0.29) is 0 Å². The van der Waals surface area contributed by atoms with Crippen LogP contribution in [0.2, 0.25) is 0 Å². The number of para-hydroxylation sites is 1. The molecular formula is C15H13N3.